The molecular formula is C15H20Cl2N2O2. The lowest BCUT2D eigenvalue weighted by atomic mass is 9.96. The van der Waals surface area contributed by atoms with Crippen molar-refractivity contribution in [1.29, 1.82) is 0 Å². The number of amides is 1. The summed E-state index contributed by atoms with van der Waals surface area (Å²) in [6.07, 6.45) is 2.08. The number of methoxy groups -OCH3 is 1. The van der Waals surface area contributed by atoms with E-state index in [1.165, 1.54) is 0 Å². The number of ether oxygens (including phenoxy) is 1. The number of nitrogens with two attached hydrogens (primary N) is 1. The van der Waals surface area contributed by atoms with Crippen LogP contribution in [0.15, 0.2) is 18.2 Å². The fourth-order valence-electron chi connectivity index (χ4n) is 2.78. The van der Waals surface area contributed by atoms with Crippen LogP contribution in [0.5, 0.6) is 0 Å². The van der Waals surface area contributed by atoms with Gasteiger partial charge in [0.25, 0.3) is 0 Å². The molecule has 2 rings (SSSR count). The summed E-state index contributed by atoms with van der Waals surface area (Å²) >= 11 is 12.4. The predicted octanol–water partition coefficient (Wildman–Crippen LogP) is 3.02. The highest BCUT2D eigenvalue weighted by Gasteiger charge is 2.34. The number of hydrogen-bond acceptors (Lipinski definition) is 3. The minimum absolute atomic E-state index is 0.0843. The number of carbonyl (C=O) groups is 1. The molecule has 1 fully saturated rings. The minimum Gasteiger partial charge on any atom is -0.383 e. The topological polar surface area (TPSA) is 55.6 Å². The summed E-state index contributed by atoms with van der Waals surface area (Å²) in [4.78, 5) is 14.2. The van der Waals surface area contributed by atoms with Crippen molar-refractivity contribution in [3.05, 3.63) is 33.8 Å². The monoisotopic (exact) mass is 330 g/mol. The van der Waals surface area contributed by atoms with Crippen LogP contribution < -0.4 is 5.73 Å². The van der Waals surface area contributed by atoms with Crippen LogP contribution >= 0.6 is 23.2 Å². The summed E-state index contributed by atoms with van der Waals surface area (Å²) in [5, 5.41) is 0.946. The van der Waals surface area contributed by atoms with Crippen molar-refractivity contribution >= 4 is 29.1 Å². The standard InChI is InChI=1S/C15H20Cl2N2O2/c1-21-9-8-19-13(20)7-3-6-12(18)15(19)10-4-2-5-11(16)14(10)17/h2,4-5,12,15H,3,6-9,18H2,1H3. The summed E-state index contributed by atoms with van der Waals surface area (Å²) in [6.45, 7) is 0.962. The Balaban J connectivity index is 2.41. The zero-order chi connectivity index (χ0) is 15.4. The molecule has 0 radical (unpaired) electrons. The molecule has 2 atom stereocenters. The number of halogens is 2. The molecule has 0 saturated carbocycles. The Labute approximate surface area is 135 Å². The van der Waals surface area contributed by atoms with Gasteiger partial charge in [-0.15, -0.1) is 0 Å². The molecule has 1 amide bonds. The summed E-state index contributed by atoms with van der Waals surface area (Å²) in [6, 6.07) is 5.03. The first-order valence-electron chi connectivity index (χ1n) is 7.04. The van der Waals surface area contributed by atoms with Gasteiger partial charge in [0, 0.05) is 26.1 Å². The molecule has 1 aliphatic heterocycles. The minimum atomic E-state index is -0.263. The zero-order valence-electron chi connectivity index (χ0n) is 12.0. The van der Waals surface area contributed by atoms with Crippen LogP contribution in [0.4, 0.5) is 0 Å². The van der Waals surface area contributed by atoms with Crippen molar-refractivity contribution in [2.24, 2.45) is 5.73 Å². The highest BCUT2D eigenvalue weighted by atomic mass is 35.5. The molecule has 1 aromatic rings. The van der Waals surface area contributed by atoms with Gasteiger partial charge in [0.2, 0.25) is 5.91 Å². The van der Waals surface area contributed by atoms with E-state index in [-0.39, 0.29) is 18.0 Å². The van der Waals surface area contributed by atoms with Crippen LogP contribution in [0.3, 0.4) is 0 Å². The maximum absolute atomic E-state index is 12.4. The smallest absolute Gasteiger partial charge is 0.223 e. The molecule has 1 aliphatic rings. The van der Waals surface area contributed by atoms with Crippen LogP contribution in [0.25, 0.3) is 0 Å². The molecule has 4 nitrogen and oxygen atoms in total. The van der Waals surface area contributed by atoms with Crippen molar-refractivity contribution in [3.63, 3.8) is 0 Å². The molecule has 116 valence electrons. The van der Waals surface area contributed by atoms with E-state index in [1.54, 1.807) is 18.1 Å². The van der Waals surface area contributed by atoms with Gasteiger partial charge in [-0.25, -0.2) is 0 Å². The molecule has 1 aromatic carbocycles. The first-order chi connectivity index (χ1) is 10.1. The first-order valence-corrected chi connectivity index (χ1v) is 7.79. The van der Waals surface area contributed by atoms with E-state index in [9.17, 15) is 4.79 Å². The van der Waals surface area contributed by atoms with E-state index < -0.39 is 0 Å². The Bertz CT molecular complexity index is 510. The average molecular weight is 331 g/mol. The zero-order valence-corrected chi connectivity index (χ0v) is 13.5. The molecule has 0 spiro atoms. The van der Waals surface area contributed by atoms with Crippen LogP contribution in [0, 0.1) is 0 Å². The summed E-state index contributed by atoms with van der Waals surface area (Å²) in [5.41, 5.74) is 7.13. The van der Waals surface area contributed by atoms with Gasteiger partial charge in [-0.3, -0.25) is 4.79 Å². The third-order valence-electron chi connectivity index (χ3n) is 3.83. The average Bonchev–Trinajstić information content (AvgIpc) is 2.59. The van der Waals surface area contributed by atoms with Gasteiger partial charge >= 0.3 is 0 Å². The van der Waals surface area contributed by atoms with E-state index in [0.717, 1.165) is 18.4 Å². The molecule has 1 saturated heterocycles. The van der Waals surface area contributed by atoms with Gasteiger partial charge in [-0.05, 0) is 24.5 Å². The summed E-state index contributed by atoms with van der Waals surface area (Å²) in [5.74, 6) is 0.0843. The SMILES string of the molecule is COCCN1C(=O)CCCC(N)C1c1cccc(Cl)c1Cl. The summed E-state index contributed by atoms with van der Waals surface area (Å²) in [7, 11) is 1.61. The second-order valence-electron chi connectivity index (χ2n) is 5.22. The van der Waals surface area contributed by atoms with Crippen LogP contribution in [0.1, 0.15) is 30.9 Å². The Kier molecular flexibility index (Phi) is 5.88. The number of hydrogen-bond donors (Lipinski definition) is 1. The third kappa shape index (κ3) is 3.69. The lowest BCUT2D eigenvalue weighted by Gasteiger charge is -2.34. The molecular weight excluding hydrogens is 311 g/mol. The molecule has 0 aromatic heterocycles. The molecule has 0 aliphatic carbocycles. The number of rotatable bonds is 4. The third-order valence-corrected chi connectivity index (χ3v) is 4.66. The van der Waals surface area contributed by atoms with Gasteiger partial charge in [0.15, 0.2) is 0 Å². The van der Waals surface area contributed by atoms with E-state index in [0.29, 0.717) is 29.6 Å². The number of likely N-dealkylation sites (tertiary alicyclic amines) is 1. The fraction of sp³-hybridized carbons (Fsp3) is 0.533. The van der Waals surface area contributed by atoms with Gasteiger partial charge < -0.3 is 15.4 Å². The van der Waals surface area contributed by atoms with Crippen LogP contribution in [-0.2, 0) is 9.53 Å². The fourth-order valence-corrected chi connectivity index (χ4v) is 3.20. The Hall–Kier alpha value is -0.810. The molecule has 6 heteroatoms. The maximum atomic E-state index is 12.4. The lowest BCUT2D eigenvalue weighted by Crippen LogP contribution is -2.43. The molecule has 2 N–H and O–H groups in total. The molecule has 0 bridgehead atoms. The van der Waals surface area contributed by atoms with E-state index in [4.69, 9.17) is 33.7 Å². The molecule has 2 unspecified atom stereocenters. The van der Waals surface area contributed by atoms with Crippen molar-refractivity contribution in [1.82, 2.24) is 4.90 Å². The van der Waals surface area contributed by atoms with Gasteiger partial charge in [-0.2, -0.15) is 0 Å². The Morgan fingerprint density at radius 1 is 1.43 bits per heavy atom. The predicted molar refractivity (Wildman–Crippen MR) is 84.6 cm³/mol. The highest BCUT2D eigenvalue weighted by Crippen LogP contribution is 2.37. The molecule has 1 heterocycles. The largest absolute Gasteiger partial charge is 0.383 e. The van der Waals surface area contributed by atoms with E-state index in [2.05, 4.69) is 0 Å². The van der Waals surface area contributed by atoms with E-state index in [1.807, 2.05) is 12.1 Å². The van der Waals surface area contributed by atoms with Gasteiger partial charge in [0.05, 0.1) is 22.7 Å². The summed E-state index contributed by atoms with van der Waals surface area (Å²) < 4.78 is 5.11. The number of nitrogens with zero attached hydrogens (tertiary/aromatic N) is 1. The first kappa shape index (κ1) is 16.6. The normalized spacial score (nSPS) is 23.2. The second kappa shape index (κ2) is 7.45. The Morgan fingerprint density at radius 2 is 2.19 bits per heavy atom. The van der Waals surface area contributed by atoms with Crippen molar-refractivity contribution in [2.75, 3.05) is 20.3 Å². The quantitative estimate of drug-likeness (QED) is 0.923. The van der Waals surface area contributed by atoms with E-state index >= 15 is 0 Å². The number of carbonyl (C=O) groups excluding carboxylic acids is 1. The van der Waals surface area contributed by atoms with Gasteiger partial charge in [0.1, 0.15) is 0 Å². The van der Waals surface area contributed by atoms with Crippen LogP contribution in [0.2, 0.25) is 10.0 Å². The van der Waals surface area contributed by atoms with Crippen LogP contribution in [-0.4, -0.2) is 37.1 Å². The van der Waals surface area contributed by atoms with Crippen molar-refractivity contribution < 1.29 is 9.53 Å². The maximum Gasteiger partial charge on any atom is 0.223 e. The van der Waals surface area contributed by atoms with Crippen molar-refractivity contribution in [2.45, 2.75) is 31.3 Å². The Morgan fingerprint density at radius 3 is 2.90 bits per heavy atom. The highest BCUT2D eigenvalue weighted by molar-refractivity contribution is 6.42. The molecule has 21 heavy (non-hydrogen) atoms. The van der Waals surface area contributed by atoms with Gasteiger partial charge in [-0.1, -0.05) is 35.3 Å². The van der Waals surface area contributed by atoms with Crippen molar-refractivity contribution in [3.8, 4) is 0 Å². The second-order valence-corrected chi connectivity index (χ2v) is 6.01. The number of benzene rings is 1. The lowest BCUT2D eigenvalue weighted by molar-refractivity contribution is -0.134.